The molecule has 0 spiro atoms. The topological polar surface area (TPSA) is 70.2 Å². The number of rotatable bonds is 9. The van der Waals surface area contributed by atoms with Crippen molar-refractivity contribution in [3.63, 3.8) is 0 Å². The number of amides is 1. The fourth-order valence-electron chi connectivity index (χ4n) is 3.27. The Balaban J connectivity index is 1.60. The molecule has 1 amide bonds. The van der Waals surface area contributed by atoms with E-state index in [2.05, 4.69) is 47.0 Å². The maximum atomic E-state index is 12.4. The summed E-state index contributed by atoms with van der Waals surface area (Å²) in [5, 5.41) is 3.69. The molecule has 3 rings (SSSR count). The summed E-state index contributed by atoms with van der Waals surface area (Å²) in [6.45, 7) is 10.9. The van der Waals surface area contributed by atoms with Gasteiger partial charge in [0.25, 0.3) is 0 Å². The zero-order chi connectivity index (χ0) is 20.8. The monoisotopic (exact) mass is 412 g/mol. The van der Waals surface area contributed by atoms with Crippen molar-refractivity contribution in [1.29, 1.82) is 0 Å². The van der Waals surface area contributed by atoms with Gasteiger partial charge in [0.1, 0.15) is 5.75 Å². The Morgan fingerprint density at radius 3 is 2.66 bits per heavy atom. The molecule has 29 heavy (non-hydrogen) atoms. The summed E-state index contributed by atoms with van der Waals surface area (Å²) in [6, 6.07) is 11.8. The van der Waals surface area contributed by atoms with E-state index in [-0.39, 0.29) is 11.7 Å². The maximum absolute atomic E-state index is 12.4. The molecule has 0 fully saturated rings. The third kappa shape index (κ3) is 5.23. The van der Waals surface area contributed by atoms with Gasteiger partial charge >= 0.3 is 0 Å². The number of aromatic amines is 1. The zero-order valence-corrected chi connectivity index (χ0v) is 18.2. The minimum Gasteiger partial charge on any atom is -0.494 e. The Morgan fingerprint density at radius 2 is 1.97 bits per heavy atom. The van der Waals surface area contributed by atoms with Gasteiger partial charge in [-0.3, -0.25) is 4.79 Å². The lowest BCUT2D eigenvalue weighted by Crippen LogP contribution is -2.22. The van der Waals surface area contributed by atoms with Crippen molar-refractivity contribution in [2.45, 2.75) is 32.9 Å². The summed E-state index contributed by atoms with van der Waals surface area (Å²) in [5.74, 6) is 1.04. The lowest BCUT2D eigenvalue weighted by atomic mass is 10.1. The molecule has 2 N–H and O–H groups in total. The number of H-pyrrole nitrogens is 1. The van der Waals surface area contributed by atoms with E-state index in [9.17, 15) is 4.79 Å². The van der Waals surface area contributed by atoms with Crippen LogP contribution in [0.1, 0.15) is 26.3 Å². The number of carbonyl (C=O) groups excluding carboxylic acids is 1. The first kappa shape index (κ1) is 21.0. The standard InChI is InChI=1S/C22H28N4O2S/c1-5-26(6-2)20-11-8-16(12-15(20)4)23-21(27)14-29-22-24-18-10-9-17(28-7-3)13-19(18)25-22/h8-13H,5-7,14H2,1-4H3,(H,23,27)(H,24,25). The van der Waals surface area contributed by atoms with Crippen molar-refractivity contribution in [3.05, 3.63) is 42.0 Å². The Hall–Kier alpha value is -2.67. The normalized spacial score (nSPS) is 10.9. The summed E-state index contributed by atoms with van der Waals surface area (Å²) in [5.41, 5.74) is 4.94. The highest BCUT2D eigenvalue weighted by Gasteiger charge is 2.10. The van der Waals surface area contributed by atoms with Gasteiger partial charge < -0.3 is 19.9 Å². The summed E-state index contributed by atoms with van der Waals surface area (Å²) in [6.07, 6.45) is 0. The molecule has 0 saturated carbocycles. The number of aryl methyl sites for hydroxylation is 1. The van der Waals surface area contributed by atoms with Crippen LogP contribution in [-0.2, 0) is 4.79 Å². The van der Waals surface area contributed by atoms with Crippen molar-refractivity contribution < 1.29 is 9.53 Å². The summed E-state index contributed by atoms with van der Waals surface area (Å²) >= 11 is 1.38. The second-order valence-corrected chi connectivity index (χ2v) is 7.63. The van der Waals surface area contributed by atoms with Crippen LogP contribution in [0.2, 0.25) is 0 Å². The van der Waals surface area contributed by atoms with E-state index in [1.165, 1.54) is 17.4 Å². The third-order valence-corrected chi connectivity index (χ3v) is 5.54. The smallest absolute Gasteiger partial charge is 0.234 e. The molecule has 0 bridgehead atoms. The molecular formula is C22H28N4O2S. The maximum Gasteiger partial charge on any atom is 0.234 e. The molecule has 0 aliphatic heterocycles. The van der Waals surface area contributed by atoms with Gasteiger partial charge in [-0.1, -0.05) is 11.8 Å². The minimum atomic E-state index is -0.0551. The number of nitrogens with zero attached hydrogens (tertiary/aromatic N) is 2. The number of ether oxygens (including phenoxy) is 1. The number of imidazole rings is 1. The zero-order valence-electron chi connectivity index (χ0n) is 17.4. The number of benzene rings is 2. The molecule has 3 aromatic rings. The third-order valence-electron chi connectivity index (χ3n) is 4.67. The molecule has 1 aromatic heterocycles. The van der Waals surface area contributed by atoms with Gasteiger partial charge in [-0.2, -0.15) is 0 Å². The largest absolute Gasteiger partial charge is 0.494 e. The van der Waals surface area contributed by atoms with Gasteiger partial charge in [0.05, 0.1) is 23.4 Å². The lowest BCUT2D eigenvalue weighted by Gasteiger charge is -2.23. The van der Waals surface area contributed by atoms with Crippen LogP contribution in [0.5, 0.6) is 5.75 Å². The number of hydrogen-bond acceptors (Lipinski definition) is 5. The Kier molecular flexibility index (Phi) is 7.04. The van der Waals surface area contributed by atoms with Gasteiger partial charge in [0, 0.05) is 30.5 Å². The molecular weight excluding hydrogens is 384 g/mol. The molecule has 0 aliphatic carbocycles. The average Bonchev–Trinajstić information content (AvgIpc) is 3.11. The van der Waals surface area contributed by atoms with Crippen LogP contribution in [-0.4, -0.2) is 41.3 Å². The van der Waals surface area contributed by atoms with E-state index in [0.29, 0.717) is 6.61 Å². The molecule has 0 atom stereocenters. The Labute approximate surface area is 176 Å². The van der Waals surface area contributed by atoms with Gasteiger partial charge in [-0.05, 0) is 63.6 Å². The van der Waals surface area contributed by atoms with Crippen LogP contribution in [0.4, 0.5) is 11.4 Å². The first-order chi connectivity index (χ1) is 14.0. The highest BCUT2D eigenvalue weighted by Crippen LogP contribution is 2.25. The summed E-state index contributed by atoms with van der Waals surface area (Å²) < 4.78 is 5.51. The van der Waals surface area contributed by atoms with Crippen molar-refractivity contribution in [3.8, 4) is 5.75 Å². The number of thioether (sulfide) groups is 1. The molecule has 6 nitrogen and oxygen atoms in total. The van der Waals surface area contributed by atoms with E-state index in [0.717, 1.165) is 46.3 Å². The first-order valence-electron chi connectivity index (χ1n) is 9.94. The number of nitrogens with one attached hydrogen (secondary N) is 2. The van der Waals surface area contributed by atoms with Crippen molar-refractivity contribution in [2.24, 2.45) is 0 Å². The second kappa shape index (κ2) is 9.69. The van der Waals surface area contributed by atoms with Crippen LogP contribution < -0.4 is 15.0 Å². The molecule has 154 valence electrons. The Bertz CT molecular complexity index is 982. The van der Waals surface area contributed by atoms with Gasteiger partial charge in [-0.15, -0.1) is 0 Å². The highest BCUT2D eigenvalue weighted by molar-refractivity contribution is 7.99. The SMILES string of the molecule is CCOc1ccc2nc(SCC(=O)Nc3ccc(N(CC)CC)c(C)c3)[nH]c2c1. The van der Waals surface area contributed by atoms with E-state index < -0.39 is 0 Å². The molecule has 0 aliphatic rings. The number of anilines is 2. The quantitative estimate of drug-likeness (QED) is 0.492. The van der Waals surface area contributed by atoms with Crippen LogP contribution in [0, 0.1) is 6.92 Å². The average molecular weight is 413 g/mol. The molecule has 0 radical (unpaired) electrons. The number of hydrogen-bond donors (Lipinski definition) is 2. The van der Waals surface area contributed by atoms with Crippen LogP contribution in [0.25, 0.3) is 11.0 Å². The van der Waals surface area contributed by atoms with E-state index in [1.54, 1.807) is 0 Å². The Morgan fingerprint density at radius 1 is 1.17 bits per heavy atom. The minimum absolute atomic E-state index is 0.0551. The predicted molar refractivity (Wildman–Crippen MR) is 121 cm³/mol. The van der Waals surface area contributed by atoms with E-state index >= 15 is 0 Å². The molecule has 7 heteroatoms. The fourth-order valence-corrected chi connectivity index (χ4v) is 3.96. The highest BCUT2D eigenvalue weighted by atomic mass is 32.2. The number of carbonyl (C=O) groups is 1. The van der Waals surface area contributed by atoms with Gasteiger partial charge in [0.15, 0.2) is 5.16 Å². The molecule has 1 heterocycles. The first-order valence-corrected chi connectivity index (χ1v) is 10.9. The van der Waals surface area contributed by atoms with Crippen molar-refractivity contribution >= 4 is 40.1 Å². The van der Waals surface area contributed by atoms with Gasteiger partial charge in [0.2, 0.25) is 5.91 Å². The second-order valence-electron chi connectivity index (χ2n) is 6.66. The van der Waals surface area contributed by atoms with Gasteiger partial charge in [-0.25, -0.2) is 4.98 Å². The van der Waals surface area contributed by atoms with E-state index in [4.69, 9.17) is 4.74 Å². The summed E-state index contributed by atoms with van der Waals surface area (Å²) in [7, 11) is 0. The molecule has 0 saturated heterocycles. The van der Waals surface area contributed by atoms with Crippen LogP contribution in [0.3, 0.4) is 0 Å². The fraction of sp³-hybridized carbons (Fsp3) is 0.364. The van der Waals surface area contributed by atoms with Crippen LogP contribution in [0.15, 0.2) is 41.6 Å². The van der Waals surface area contributed by atoms with Crippen molar-refractivity contribution in [1.82, 2.24) is 9.97 Å². The predicted octanol–water partition coefficient (Wildman–Crippen LogP) is 4.85. The number of fused-ring (bicyclic) bond motifs is 1. The van der Waals surface area contributed by atoms with Crippen LogP contribution >= 0.6 is 11.8 Å². The number of aromatic nitrogens is 2. The molecule has 2 aromatic carbocycles. The summed E-state index contributed by atoms with van der Waals surface area (Å²) in [4.78, 5) is 22.4. The van der Waals surface area contributed by atoms with Crippen molar-refractivity contribution in [2.75, 3.05) is 35.7 Å². The molecule has 0 unspecified atom stereocenters. The van der Waals surface area contributed by atoms with E-state index in [1.807, 2.05) is 37.3 Å². The lowest BCUT2D eigenvalue weighted by molar-refractivity contribution is -0.113.